The number of anilines is 1. The minimum Gasteiger partial charge on any atom is -0.384 e. The summed E-state index contributed by atoms with van der Waals surface area (Å²) in [5.41, 5.74) is 8.86. The fourth-order valence-corrected chi connectivity index (χ4v) is 4.54. The lowest BCUT2D eigenvalue weighted by molar-refractivity contribution is 0.508. The van der Waals surface area contributed by atoms with Crippen LogP contribution in [-0.4, -0.2) is 39.5 Å². The number of nitrogens with two attached hydrogens (primary N) is 1. The van der Waals surface area contributed by atoms with Gasteiger partial charge in [0.05, 0.1) is 23.7 Å². The molecule has 0 aliphatic carbocycles. The number of hydrogen-bond donors (Lipinski definition) is 1. The molecule has 0 saturated carbocycles. The van der Waals surface area contributed by atoms with E-state index in [1.54, 1.807) is 15.6 Å². The van der Waals surface area contributed by atoms with E-state index in [-0.39, 0.29) is 17.5 Å². The van der Waals surface area contributed by atoms with E-state index in [0.717, 1.165) is 23.2 Å². The highest BCUT2D eigenvalue weighted by molar-refractivity contribution is 7.91. The van der Waals surface area contributed by atoms with Gasteiger partial charge in [0.1, 0.15) is 11.5 Å². The molecule has 0 radical (unpaired) electrons. The highest BCUT2D eigenvalue weighted by Crippen LogP contribution is 2.32. The minimum absolute atomic E-state index is 0.120. The predicted molar refractivity (Wildman–Crippen MR) is 80.5 cm³/mol. The molecule has 2 aromatic rings. The van der Waals surface area contributed by atoms with E-state index in [2.05, 4.69) is 10.2 Å². The number of sulfone groups is 1. The molecule has 114 valence electrons. The Morgan fingerprint density at radius 1 is 1.48 bits per heavy atom. The zero-order valence-corrected chi connectivity index (χ0v) is 13.0. The second-order valence-corrected chi connectivity index (χ2v) is 7.70. The third kappa shape index (κ3) is 2.44. The van der Waals surface area contributed by atoms with Crippen molar-refractivity contribution in [1.82, 2.24) is 19.6 Å². The van der Waals surface area contributed by atoms with E-state index < -0.39 is 9.84 Å². The second kappa shape index (κ2) is 4.87. The Morgan fingerprint density at radius 3 is 2.76 bits per heavy atom. The average Bonchev–Trinajstić information content (AvgIpc) is 3.07. The van der Waals surface area contributed by atoms with Crippen LogP contribution >= 0.6 is 0 Å². The van der Waals surface area contributed by atoms with Crippen LogP contribution in [0.1, 0.15) is 24.9 Å². The molecule has 0 aromatic carbocycles. The molecule has 3 heterocycles. The van der Waals surface area contributed by atoms with E-state index in [1.807, 2.05) is 20.2 Å². The highest BCUT2D eigenvalue weighted by atomic mass is 32.2. The summed E-state index contributed by atoms with van der Waals surface area (Å²) in [6, 6.07) is -0.161. The molecule has 8 heteroatoms. The van der Waals surface area contributed by atoms with Crippen molar-refractivity contribution in [2.45, 2.75) is 25.8 Å². The van der Waals surface area contributed by atoms with E-state index in [0.29, 0.717) is 12.2 Å². The molecule has 2 N–H and O–H groups in total. The number of rotatable bonds is 3. The zero-order valence-electron chi connectivity index (χ0n) is 12.2. The minimum atomic E-state index is -2.96. The molecule has 1 fully saturated rings. The normalized spacial score (nSPS) is 21.0. The largest absolute Gasteiger partial charge is 0.384 e. The summed E-state index contributed by atoms with van der Waals surface area (Å²) >= 11 is 0. The Morgan fingerprint density at radius 2 is 2.24 bits per heavy atom. The predicted octanol–water partition coefficient (Wildman–Crippen LogP) is 0.788. The van der Waals surface area contributed by atoms with Crippen LogP contribution in [-0.2, 0) is 23.3 Å². The van der Waals surface area contributed by atoms with Crippen LogP contribution in [0.5, 0.6) is 0 Å². The first kappa shape index (κ1) is 14.1. The summed E-state index contributed by atoms with van der Waals surface area (Å²) in [6.45, 7) is 2.02. The van der Waals surface area contributed by atoms with E-state index in [1.165, 1.54) is 0 Å². The molecule has 2 aromatic heterocycles. The van der Waals surface area contributed by atoms with Crippen LogP contribution in [0.25, 0.3) is 11.3 Å². The van der Waals surface area contributed by atoms with E-state index >= 15 is 0 Å². The summed E-state index contributed by atoms with van der Waals surface area (Å²) in [4.78, 5) is 0. The first-order chi connectivity index (χ1) is 9.91. The second-order valence-electron chi connectivity index (χ2n) is 5.47. The van der Waals surface area contributed by atoms with Gasteiger partial charge in [-0.1, -0.05) is 6.92 Å². The maximum absolute atomic E-state index is 11.7. The summed E-state index contributed by atoms with van der Waals surface area (Å²) < 4.78 is 26.7. The Kier molecular flexibility index (Phi) is 3.27. The molecule has 1 unspecified atom stereocenters. The lowest BCUT2D eigenvalue weighted by Gasteiger charge is -2.10. The van der Waals surface area contributed by atoms with Crippen molar-refractivity contribution in [3.8, 4) is 11.3 Å². The van der Waals surface area contributed by atoms with Gasteiger partial charge in [0.15, 0.2) is 9.84 Å². The molecule has 3 rings (SSSR count). The number of nitrogen functional groups attached to an aromatic ring is 1. The van der Waals surface area contributed by atoms with Gasteiger partial charge in [-0.15, -0.1) is 0 Å². The molecule has 1 atom stereocenters. The standard InChI is InChI=1S/C13H19N5O2S/c1-3-11-12(9-6-15-17(2)7-9)16-18(13(11)14)10-4-5-21(19,20)8-10/h6-7,10H,3-5,8,14H2,1-2H3. The van der Waals surface area contributed by atoms with Crippen LogP contribution in [0.15, 0.2) is 12.4 Å². The van der Waals surface area contributed by atoms with Gasteiger partial charge in [-0.3, -0.25) is 4.68 Å². The first-order valence-corrected chi connectivity index (χ1v) is 8.79. The van der Waals surface area contributed by atoms with Crippen LogP contribution in [0.2, 0.25) is 0 Å². The van der Waals surface area contributed by atoms with Crippen LogP contribution < -0.4 is 5.73 Å². The maximum Gasteiger partial charge on any atom is 0.152 e. The molecule has 1 saturated heterocycles. The maximum atomic E-state index is 11.7. The number of hydrogen-bond acceptors (Lipinski definition) is 5. The van der Waals surface area contributed by atoms with Gasteiger partial charge in [0, 0.05) is 24.4 Å². The summed E-state index contributed by atoms with van der Waals surface area (Å²) in [6.07, 6.45) is 4.95. The molecular formula is C13H19N5O2S. The molecule has 0 bridgehead atoms. The quantitative estimate of drug-likeness (QED) is 0.904. The van der Waals surface area contributed by atoms with Crippen molar-refractivity contribution in [2.75, 3.05) is 17.2 Å². The SMILES string of the molecule is CCc1c(-c2cnn(C)c2)nn(C2CCS(=O)(=O)C2)c1N. The lowest BCUT2D eigenvalue weighted by atomic mass is 10.1. The summed E-state index contributed by atoms with van der Waals surface area (Å²) in [5, 5.41) is 8.74. The van der Waals surface area contributed by atoms with Crippen LogP contribution in [0.4, 0.5) is 5.82 Å². The fraction of sp³-hybridized carbons (Fsp3) is 0.538. The van der Waals surface area contributed by atoms with E-state index in [9.17, 15) is 8.42 Å². The number of aryl methyl sites for hydroxylation is 1. The molecule has 21 heavy (non-hydrogen) atoms. The molecule has 1 aliphatic rings. The van der Waals surface area contributed by atoms with Crippen LogP contribution in [0, 0.1) is 0 Å². The Balaban J connectivity index is 2.06. The van der Waals surface area contributed by atoms with Gasteiger partial charge in [-0.25, -0.2) is 13.1 Å². The number of aromatic nitrogens is 4. The monoisotopic (exact) mass is 309 g/mol. The van der Waals surface area contributed by atoms with Gasteiger partial charge < -0.3 is 5.73 Å². The Labute approximate surface area is 123 Å². The van der Waals surface area contributed by atoms with Gasteiger partial charge in [-0.2, -0.15) is 10.2 Å². The topological polar surface area (TPSA) is 95.8 Å². The summed E-state index contributed by atoms with van der Waals surface area (Å²) in [7, 11) is -1.12. The number of nitrogens with zero attached hydrogens (tertiary/aromatic N) is 4. The first-order valence-electron chi connectivity index (χ1n) is 6.97. The summed E-state index contributed by atoms with van der Waals surface area (Å²) in [5.74, 6) is 0.897. The van der Waals surface area contributed by atoms with Crippen molar-refractivity contribution in [3.63, 3.8) is 0 Å². The third-order valence-corrected chi connectivity index (χ3v) is 5.69. The zero-order chi connectivity index (χ0) is 15.2. The van der Waals surface area contributed by atoms with Gasteiger partial charge in [0.25, 0.3) is 0 Å². The molecule has 0 spiro atoms. The third-order valence-electron chi connectivity index (χ3n) is 3.94. The van der Waals surface area contributed by atoms with Crippen molar-refractivity contribution in [2.24, 2.45) is 7.05 Å². The molecule has 0 amide bonds. The Bertz CT molecular complexity index is 775. The smallest absolute Gasteiger partial charge is 0.152 e. The van der Waals surface area contributed by atoms with Crippen LogP contribution in [0.3, 0.4) is 0 Å². The van der Waals surface area contributed by atoms with Crippen molar-refractivity contribution in [3.05, 3.63) is 18.0 Å². The van der Waals surface area contributed by atoms with Gasteiger partial charge in [-0.05, 0) is 12.8 Å². The highest BCUT2D eigenvalue weighted by Gasteiger charge is 2.32. The molecular weight excluding hydrogens is 290 g/mol. The lowest BCUT2D eigenvalue weighted by Crippen LogP contribution is -2.15. The van der Waals surface area contributed by atoms with Crippen molar-refractivity contribution in [1.29, 1.82) is 0 Å². The van der Waals surface area contributed by atoms with Gasteiger partial charge >= 0.3 is 0 Å². The fourth-order valence-electron chi connectivity index (χ4n) is 2.85. The van der Waals surface area contributed by atoms with Crippen molar-refractivity contribution < 1.29 is 8.42 Å². The Hall–Kier alpha value is -1.83. The molecule has 1 aliphatic heterocycles. The molecule has 7 nitrogen and oxygen atoms in total. The van der Waals surface area contributed by atoms with E-state index in [4.69, 9.17) is 5.73 Å². The van der Waals surface area contributed by atoms with Crippen molar-refractivity contribution >= 4 is 15.7 Å². The average molecular weight is 309 g/mol. The van der Waals surface area contributed by atoms with Gasteiger partial charge in [0.2, 0.25) is 0 Å².